The van der Waals surface area contributed by atoms with E-state index in [4.69, 9.17) is 10.5 Å². The van der Waals surface area contributed by atoms with Gasteiger partial charge in [-0.05, 0) is 37.1 Å². The molecule has 0 spiro atoms. The Bertz CT molecular complexity index is 512. The molecule has 4 nitrogen and oxygen atoms in total. The number of amides is 1. The molecule has 1 saturated heterocycles. The zero-order chi connectivity index (χ0) is 15.5. The molecular formula is C17H23FN2O2. The summed E-state index contributed by atoms with van der Waals surface area (Å²) in [5.74, 6) is 0.643. The average Bonchev–Trinajstić information content (AvgIpc) is 2.96. The van der Waals surface area contributed by atoms with Gasteiger partial charge in [-0.1, -0.05) is 6.42 Å². The quantitative estimate of drug-likeness (QED) is 0.932. The molecule has 0 aromatic heterocycles. The van der Waals surface area contributed by atoms with Gasteiger partial charge in [0.25, 0.3) is 0 Å². The van der Waals surface area contributed by atoms with E-state index in [-0.39, 0.29) is 29.8 Å². The van der Waals surface area contributed by atoms with Gasteiger partial charge >= 0.3 is 0 Å². The van der Waals surface area contributed by atoms with Crippen molar-refractivity contribution in [2.75, 3.05) is 13.1 Å². The minimum atomic E-state index is -0.263. The number of rotatable bonds is 3. The van der Waals surface area contributed by atoms with Crippen molar-refractivity contribution in [1.82, 2.24) is 4.90 Å². The van der Waals surface area contributed by atoms with Gasteiger partial charge in [-0.25, -0.2) is 4.39 Å². The van der Waals surface area contributed by atoms with Crippen LogP contribution in [0.2, 0.25) is 0 Å². The molecule has 1 aromatic carbocycles. The van der Waals surface area contributed by atoms with Crippen LogP contribution in [0, 0.1) is 11.7 Å². The van der Waals surface area contributed by atoms with Gasteiger partial charge in [0, 0.05) is 32.0 Å². The van der Waals surface area contributed by atoms with Crippen molar-refractivity contribution in [1.29, 1.82) is 0 Å². The zero-order valence-corrected chi connectivity index (χ0v) is 12.7. The predicted molar refractivity (Wildman–Crippen MR) is 81.9 cm³/mol. The molecule has 2 aliphatic rings. The Morgan fingerprint density at radius 3 is 2.41 bits per heavy atom. The molecule has 3 rings (SSSR count). The number of carbonyl (C=O) groups excluding carboxylic acids is 1. The van der Waals surface area contributed by atoms with Crippen LogP contribution in [0.3, 0.4) is 0 Å². The number of nitrogens with zero attached hydrogens (tertiary/aromatic N) is 1. The van der Waals surface area contributed by atoms with Crippen LogP contribution >= 0.6 is 0 Å². The van der Waals surface area contributed by atoms with Crippen LogP contribution in [-0.2, 0) is 4.79 Å². The minimum absolute atomic E-state index is 0.00886. The second-order valence-corrected chi connectivity index (χ2v) is 6.30. The maximum atomic E-state index is 12.9. The Morgan fingerprint density at radius 1 is 1.14 bits per heavy atom. The first-order chi connectivity index (χ1) is 10.6. The maximum Gasteiger partial charge on any atom is 0.227 e. The first kappa shape index (κ1) is 15.3. The molecule has 0 unspecified atom stereocenters. The van der Waals surface area contributed by atoms with E-state index in [1.807, 2.05) is 4.90 Å². The van der Waals surface area contributed by atoms with Crippen molar-refractivity contribution < 1.29 is 13.9 Å². The zero-order valence-electron chi connectivity index (χ0n) is 12.7. The molecule has 1 saturated carbocycles. The lowest BCUT2D eigenvalue weighted by molar-refractivity contribution is -0.137. The molecule has 22 heavy (non-hydrogen) atoms. The van der Waals surface area contributed by atoms with E-state index in [9.17, 15) is 9.18 Å². The molecular weight excluding hydrogens is 283 g/mol. The van der Waals surface area contributed by atoms with E-state index >= 15 is 0 Å². The molecule has 0 radical (unpaired) electrons. The lowest BCUT2D eigenvalue weighted by Gasteiger charge is -2.34. The molecule has 1 heterocycles. The van der Waals surface area contributed by atoms with Crippen LogP contribution < -0.4 is 10.5 Å². The number of hydrogen-bond acceptors (Lipinski definition) is 3. The second-order valence-electron chi connectivity index (χ2n) is 6.30. The predicted octanol–water partition coefficient (Wildman–Crippen LogP) is 2.32. The Morgan fingerprint density at radius 2 is 1.82 bits per heavy atom. The summed E-state index contributed by atoms with van der Waals surface area (Å²) in [7, 11) is 0. The third kappa shape index (κ3) is 3.40. The minimum Gasteiger partial charge on any atom is -0.490 e. The van der Waals surface area contributed by atoms with Gasteiger partial charge in [0.2, 0.25) is 5.91 Å². The van der Waals surface area contributed by atoms with Crippen molar-refractivity contribution >= 4 is 5.91 Å². The molecule has 1 aliphatic heterocycles. The third-order valence-electron chi connectivity index (χ3n) is 4.76. The van der Waals surface area contributed by atoms with Gasteiger partial charge in [-0.3, -0.25) is 4.79 Å². The molecule has 1 amide bonds. The molecule has 5 heteroatoms. The molecule has 0 bridgehead atoms. The number of likely N-dealkylation sites (tertiary alicyclic amines) is 1. The number of carbonyl (C=O) groups is 1. The van der Waals surface area contributed by atoms with Gasteiger partial charge in [-0.2, -0.15) is 0 Å². The summed E-state index contributed by atoms with van der Waals surface area (Å²) in [4.78, 5) is 14.4. The number of nitrogens with two attached hydrogens (primary N) is 1. The summed E-state index contributed by atoms with van der Waals surface area (Å²) in [6, 6.07) is 6.11. The summed E-state index contributed by atoms with van der Waals surface area (Å²) in [5.41, 5.74) is 6.03. The molecule has 2 atom stereocenters. The fourth-order valence-electron chi connectivity index (χ4n) is 3.43. The van der Waals surface area contributed by atoms with E-state index < -0.39 is 0 Å². The lowest BCUT2D eigenvalue weighted by Crippen LogP contribution is -2.47. The monoisotopic (exact) mass is 306 g/mol. The highest BCUT2D eigenvalue weighted by molar-refractivity contribution is 5.80. The largest absolute Gasteiger partial charge is 0.490 e. The Hall–Kier alpha value is -1.62. The van der Waals surface area contributed by atoms with Crippen LogP contribution in [0.5, 0.6) is 5.75 Å². The summed E-state index contributed by atoms with van der Waals surface area (Å²) in [5, 5.41) is 0. The second kappa shape index (κ2) is 6.65. The van der Waals surface area contributed by atoms with Crippen molar-refractivity contribution in [3.63, 3.8) is 0 Å². The van der Waals surface area contributed by atoms with Crippen LogP contribution in [0.15, 0.2) is 24.3 Å². The molecule has 2 fully saturated rings. The number of ether oxygens (including phenoxy) is 1. The summed E-state index contributed by atoms with van der Waals surface area (Å²) in [6.07, 6.45) is 4.65. The summed E-state index contributed by atoms with van der Waals surface area (Å²) >= 11 is 0. The van der Waals surface area contributed by atoms with Crippen LogP contribution in [0.1, 0.15) is 32.1 Å². The molecule has 1 aliphatic carbocycles. The highest BCUT2D eigenvalue weighted by Gasteiger charge is 2.34. The highest BCUT2D eigenvalue weighted by atomic mass is 19.1. The maximum absolute atomic E-state index is 12.9. The smallest absolute Gasteiger partial charge is 0.227 e. The van der Waals surface area contributed by atoms with Crippen LogP contribution in [0.25, 0.3) is 0 Å². The number of halogens is 1. The molecule has 2 N–H and O–H groups in total. The highest BCUT2D eigenvalue weighted by Crippen LogP contribution is 2.27. The SMILES string of the molecule is N[C@@H]1CCC[C@H]1C(=O)N1CCC(Oc2ccc(F)cc2)CC1. The standard InChI is InChI=1S/C17H23FN2O2/c18-12-4-6-13(7-5-12)22-14-8-10-20(11-9-14)17(21)15-2-1-3-16(15)19/h4-7,14-16H,1-3,8-11,19H2/t15-,16-/m1/s1. The van der Waals surface area contributed by atoms with Crippen molar-refractivity contribution in [3.05, 3.63) is 30.1 Å². The lowest BCUT2D eigenvalue weighted by atomic mass is 10.00. The van der Waals surface area contributed by atoms with Crippen molar-refractivity contribution in [2.45, 2.75) is 44.2 Å². The molecule has 1 aromatic rings. The van der Waals surface area contributed by atoms with E-state index in [1.54, 1.807) is 12.1 Å². The van der Waals surface area contributed by atoms with Crippen LogP contribution in [-0.4, -0.2) is 36.0 Å². The van der Waals surface area contributed by atoms with Gasteiger partial charge in [0.05, 0.1) is 5.92 Å². The Balaban J connectivity index is 1.49. The Labute approximate surface area is 130 Å². The number of benzene rings is 1. The van der Waals surface area contributed by atoms with E-state index in [1.165, 1.54) is 12.1 Å². The van der Waals surface area contributed by atoms with Gasteiger partial charge in [0.1, 0.15) is 17.7 Å². The summed E-state index contributed by atoms with van der Waals surface area (Å²) < 4.78 is 18.7. The van der Waals surface area contributed by atoms with Gasteiger partial charge in [0.15, 0.2) is 0 Å². The molecule has 120 valence electrons. The van der Waals surface area contributed by atoms with E-state index in [2.05, 4.69) is 0 Å². The summed E-state index contributed by atoms with van der Waals surface area (Å²) in [6.45, 7) is 1.43. The first-order valence-electron chi connectivity index (χ1n) is 8.10. The fraction of sp³-hybridized carbons (Fsp3) is 0.588. The van der Waals surface area contributed by atoms with E-state index in [0.717, 1.165) is 32.1 Å². The van der Waals surface area contributed by atoms with Crippen molar-refractivity contribution in [2.24, 2.45) is 11.7 Å². The van der Waals surface area contributed by atoms with Gasteiger partial charge < -0.3 is 15.4 Å². The number of piperidine rings is 1. The van der Waals surface area contributed by atoms with Gasteiger partial charge in [-0.15, -0.1) is 0 Å². The third-order valence-corrected chi connectivity index (χ3v) is 4.76. The first-order valence-corrected chi connectivity index (χ1v) is 8.10. The van der Waals surface area contributed by atoms with E-state index in [0.29, 0.717) is 18.8 Å². The van der Waals surface area contributed by atoms with Crippen molar-refractivity contribution in [3.8, 4) is 5.75 Å². The number of hydrogen-bond donors (Lipinski definition) is 1. The average molecular weight is 306 g/mol. The Kier molecular flexibility index (Phi) is 4.62. The normalized spacial score (nSPS) is 26.2. The van der Waals surface area contributed by atoms with Crippen LogP contribution in [0.4, 0.5) is 4.39 Å². The fourth-order valence-corrected chi connectivity index (χ4v) is 3.43. The topological polar surface area (TPSA) is 55.6 Å².